The first-order valence-electron chi connectivity index (χ1n) is 8.09. The Morgan fingerprint density at radius 1 is 0.767 bits per heavy atom. The van der Waals surface area contributed by atoms with Crippen LogP contribution in [0, 0.1) is 0 Å². The van der Waals surface area contributed by atoms with E-state index in [1.54, 1.807) is 54.6 Å². The number of benzene rings is 2. The molecule has 0 radical (unpaired) electrons. The smallest absolute Gasteiger partial charge is 0.744 e. The number of rotatable bonds is 5. The van der Waals surface area contributed by atoms with Crippen LogP contribution in [-0.4, -0.2) is 25.9 Å². The number of hydrogen-bond donors (Lipinski definition) is 0. The average Bonchev–Trinajstić information content (AvgIpc) is 2.66. The Balaban J connectivity index is 0. The van der Waals surface area contributed by atoms with Gasteiger partial charge in [0.05, 0.1) is 0 Å². The summed E-state index contributed by atoms with van der Waals surface area (Å²) >= 11 is 0. The Morgan fingerprint density at radius 2 is 1.03 bits per heavy atom. The van der Waals surface area contributed by atoms with Crippen LogP contribution in [0.25, 0.3) is 12.2 Å². The normalized spacial score (nSPS) is 10.8. The Kier molecular flexibility index (Phi) is 15.7. The summed E-state index contributed by atoms with van der Waals surface area (Å²) in [5, 5.41) is 1.28. The fraction of sp³-hybridized carbons (Fsp3) is 0.0476. The van der Waals surface area contributed by atoms with Gasteiger partial charge < -0.3 is 9.11 Å². The van der Waals surface area contributed by atoms with Crippen molar-refractivity contribution in [3.63, 3.8) is 0 Å². The van der Waals surface area contributed by atoms with Crippen LogP contribution in [0.15, 0.2) is 96.3 Å². The fourth-order valence-corrected chi connectivity index (χ4v) is 2.10. The Bertz CT molecular complexity index is 950. The minimum absolute atomic E-state index is 0. The van der Waals surface area contributed by atoms with Crippen molar-refractivity contribution in [2.75, 3.05) is 0 Å². The van der Waals surface area contributed by atoms with E-state index in [-0.39, 0.29) is 19.5 Å². The molecule has 0 fully saturated rings. The molecule has 0 aliphatic rings. The third kappa shape index (κ3) is 20.6. The van der Waals surface area contributed by atoms with Crippen LogP contribution in [0.5, 0.6) is 0 Å². The minimum atomic E-state index is -4.25. The second kappa shape index (κ2) is 15.7. The first-order chi connectivity index (χ1) is 13.4. The quantitative estimate of drug-likeness (QED) is 0.347. The van der Waals surface area contributed by atoms with Crippen molar-refractivity contribution in [3.8, 4) is 0 Å². The largest absolute Gasteiger partial charge is 2.00 e. The van der Waals surface area contributed by atoms with Crippen molar-refractivity contribution in [3.05, 3.63) is 107 Å². The van der Waals surface area contributed by atoms with Crippen LogP contribution in [-0.2, 0) is 39.7 Å². The summed E-state index contributed by atoms with van der Waals surface area (Å²) < 4.78 is 61.0. The Labute approximate surface area is 191 Å². The maximum Gasteiger partial charge on any atom is 2.00 e. The van der Waals surface area contributed by atoms with Crippen LogP contribution in [0.1, 0.15) is 18.1 Å². The molecular formula is C21H22O6S2Zn. The summed E-state index contributed by atoms with van der Waals surface area (Å²) in [6.07, 6.45) is 4.25. The third-order valence-corrected chi connectivity index (χ3v) is 3.74. The fourth-order valence-electron chi connectivity index (χ4n) is 1.45. The van der Waals surface area contributed by atoms with E-state index in [4.69, 9.17) is 0 Å². The van der Waals surface area contributed by atoms with E-state index in [1.807, 2.05) is 19.1 Å². The second-order valence-corrected chi connectivity index (χ2v) is 7.98. The molecule has 0 unspecified atom stereocenters. The molecule has 2 aromatic rings. The minimum Gasteiger partial charge on any atom is -0.744 e. The Hall–Kier alpha value is -2.16. The molecule has 0 aliphatic heterocycles. The summed E-state index contributed by atoms with van der Waals surface area (Å²) in [5.41, 5.74) is 2.40. The van der Waals surface area contributed by atoms with Gasteiger partial charge >= 0.3 is 19.5 Å². The zero-order valence-electron chi connectivity index (χ0n) is 16.5. The maximum atomic E-state index is 10.2. The monoisotopic (exact) mass is 498 g/mol. The molecule has 2 aromatic carbocycles. The van der Waals surface area contributed by atoms with E-state index in [9.17, 15) is 25.9 Å². The molecule has 156 valence electrons. The van der Waals surface area contributed by atoms with Crippen molar-refractivity contribution in [2.45, 2.75) is 6.92 Å². The molecular weight excluding hydrogens is 478 g/mol. The van der Waals surface area contributed by atoms with Gasteiger partial charge in [-0.05, 0) is 30.2 Å². The Morgan fingerprint density at radius 3 is 1.23 bits per heavy atom. The maximum absolute atomic E-state index is 10.2. The van der Waals surface area contributed by atoms with Crippen LogP contribution >= 0.6 is 0 Å². The van der Waals surface area contributed by atoms with Gasteiger partial charge in [0.1, 0.15) is 20.2 Å². The molecule has 9 heteroatoms. The van der Waals surface area contributed by atoms with Gasteiger partial charge in [-0.2, -0.15) is 0 Å². The summed E-state index contributed by atoms with van der Waals surface area (Å²) in [6.45, 7) is 8.93. The van der Waals surface area contributed by atoms with E-state index in [0.717, 1.165) is 5.57 Å². The predicted octanol–water partition coefficient (Wildman–Crippen LogP) is 4.15. The summed E-state index contributed by atoms with van der Waals surface area (Å²) in [7, 11) is -8.51. The van der Waals surface area contributed by atoms with Gasteiger partial charge in [-0.25, -0.2) is 16.8 Å². The van der Waals surface area contributed by atoms with Gasteiger partial charge in [-0.15, -0.1) is 0 Å². The zero-order valence-corrected chi connectivity index (χ0v) is 21.1. The summed E-state index contributed by atoms with van der Waals surface area (Å²) in [6, 6.07) is 17.5. The van der Waals surface area contributed by atoms with Gasteiger partial charge in [0.25, 0.3) is 0 Å². The zero-order chi connectivity index (χ0) is 22.3. The van der Waals surface area contributed by atoms with E-state index < -0.39 is 20.2 Å². The third-order valence-electron chi connectivity index (χ3n) is 2.80. The van der Waals surface area contributed by atoms with Gasteiger partial charge in [0.2, 0.25) is 0 Å². The van der Waals surface area contributed by atoms with Crippen molar-refractivity contribution in [1.29, 1.82) is 0 Å². The standard InChI is InChI=1S/2C8H8O3S.C5H8.Zn/c2*9-12(10,11)7-6-8-4-2-1-3-5-8;1-4-5(2)3;/h2*1-7H,(H,9,10,11);4H,1-2H2,3H3;/q;;;+2/p-2. The molecule has 2 rings (SSSR count). The second-order valence-electron chi connectivity index (χ2n) is 5.46. The van der Waals surface area contributed by atoms with E-state index >= 15 is 0 Å². The van der Waals surface area contributed by atoms with E-state index in [1.165, 1.54) is 12.2 Å². The van der Waals surface area contributed by atoms with Crippen molar-refractivity contribution < 1.29 is 45.4 Å². The van der Waals surface area contributed by atoms with Gasteiger partial charge in [-0.1, -0.05) is 85.5 Å². The molecule has 0 atom stereocenters. The molecule has 0 bridgehead atoms. The van der Waals surface area contributed by atoms with Crippen molar-refractivity contribution >= 4 is 32.4 Å². The summed E-state index contributed by atoms with van der Waals surface area (Å²) in [5.74, 6) is 0. The van der Waals surface area contributed by atoms with Gasteiger partial charge in [0, 0.05) is 10.8 Å². The molecule has 30 heavy (non-hydrogen) atoms. The van der Waals surface area contributed by atoms with Crippen LogP contribution in [0.4, 0.5) is 0 Å². The van der Waals surface area contributed by atoms with Gasteiger partial charge in [0.15, 0.2) is 0 Å². The molecule has 0 heterocycles. The molecule has 0 saturated heterocycles. The first kappa shape index (κ1) is 30.0. The molecule has 0 aliphatic carbocycles. The number of allylic oxidation sites excluding steroid dienone is 2. The molecule has 0 spiro atoms. The van der Waals surface area contributed by atoms with Crippen molar-refractivity contribution in [1.82, 2.24) is 0 Å². The predicted molar refractivity (Wildman–Crippen MR) is 115 cm³/mol. The van der Waals surface area contributed by atoms with Crippen LogP contribution < -0.4 is 0 Å². The topological polar surface area (TPSA) is 114 Å². The molecule has 0 N–H and O–H groups in total. The number of hydrogen-bond acceptors (Lipinski definition) is 6. The molecule has 0 amide bonds. The van der Waals surface area contributed by atoms with Crippen LogP contribution in [0.2, 0.25) is 0 Å². The first-order valence-corrected chi connectivity index (χ1v) is 11.0. The van der Waals surface area contributed by atoms with E-state index in [0.29, 0.717) is 21.9 Å². The molecule has 0 saturated carbocycles. The van der Waals surface area contributed by atoms with Crippen LogP contribution in [0.3, 0.4) is 0 Å². The SMILES string of the molecule is C=CC(=C)C.O=S(=O)([O-])C=Cc1ccccc1.O=S(=O)([O-])C=Cc1ccccc1.[Zn+2]. The molecule has 0 aromatic heterocycles. The average molecular weight is 500 g/mol. The summed E-state index contributed by atoms with van der Waals surface area (Å²) in [4.78, 5) is 0. The molecule has 6 nitrogen and oxygen atoms in total. The van der Waals surface area contributed by atoms with E-state index in [2.05, 4.69) is 13.2 Å². The van der Waals surface area contributed by atoms with Crippen molar-refractivity contribution in [2.24, 2.45) is 0 Å². The van der Waals surface area contributed by atoms with Gasteiger partial charge in [-0.3, -0.25) is 0 Å².